The molecule has 3 nitrogen and oxygen atoms in total. The van der Waals surface area contributed by atoms with E-state index in [0.717, 1.165) is 19.6 Å². The molecule has 0 amide bonds. The van der Waals surface area contributed by atoms with Crippen molar-refractivity contribution in [2.75, 3.05) is 13.1 Å². The Balaban J connectivity index is 1.69. The first-order chi connectivity index (χ1) is 9.42. The van der Waals surface area contributed by atoms with Gasteiger partial charge in [-0.2, -0.15) is 0 Å². The molecule has 2 heterocycles. The van der Waals surface area contributed by atoms with Gasteiger partial charge in [0.25, 0.3) is 0 Å². The summed E-state index contributed by atoms with van der Waals surface area (Å²) in [4.78, 5) is 4.06. The van der Waals surface area contributed by atoms with Crippen LogP contribution >= 0.6 is 0 Å². The summed E-state index contributed by atoms with van der Waals surface area (Å²) in [7, 11) is 0. The van der Waals surface area contributed by atoms with Gasteiger partial charge in [-0.25, -0.2) is 5.32 Å². The number of aromatic nitrogens is 1. The van der Waals surface area contributed by atoms with Gasteiger partial charge in [-0.3, -0.25) is 4.98 Å². The topological polar surface area (TPSA) is 39.0 Å². The van der Waals surface area contributed by atoms with Crippen molar-refractivity contribution in [3.63, 3.8) is 0 Å². The van der Waals surface area contributed by atoms with E-state index in [4.69, 9.17) is 0 Å². The van der Waals surface area contributed by atoms with Crippen LogP contribution in [0.1, 0.15) is 12.0 Å². The Labute approximate surface area is 114 Å². The summed E-state index contributed by atoms with van der Waals surface area (Å²) in [5, 5.41) is 7.94. The van der Waals surface area contributed by atoms with Crippen molar-refractivity contribution in [3.05, 3.63) is 54.4 Å². The second-order valence-corrected chi connectivity index (χ2v) is 4.93. The van der Waals surface area contributed by atoms with Gasteiger partial charge in [0.05, 0.1) is 0 Å². The van der Waals surface area contributed by atoms with Crippen LogP contribution in [0.25, 0.3) is 11.1 Å². The molecule has 0 aliphatic carbocycles. The van der Waals surface area contributed by atoms with Crippen molar-refractivity contribution >= 4 is 0 Å². The van der Waals surface area contributed by atoms with Crippen LogP contribution in [0, 0.1) is 0 Å². The lowest BCUT2D eigenvalue weighted by atomic mass is 10.0. The van der Waals surface area contributed by atoms with Crippen LogP contribution in [0.3, 0.4) is 0 Å². The van der Waals surface area contributed by atoms with E-state index in [2.05, 4.69) is 39.9 Å². The molecule has 1 aromatic heterocycles. The molecule has 1 radical (unpaired) electrons. The molecule has 1 aliphatic heterocycles. The first-order valence-corrected chi connectivity index (χ1v) is 6.78. The molecule has 97 valence electrons. The van der Waals surface area contributed by atoms with Crippen LogP contribution in [0.15, 0.2) is 48.8 Å². The van der Waals surface area contributed by atoms with Gasteiger partial charge in [-0.1, -0.05) is 18.2 Å². The van der Waals surface area contributed by atoms with Crippen molar-refractivity contribution in [2.24, 2.45) is 0 Å². The second-order valence-electron chi connectivity index (χ2n) is 4.93. The molecule has 0 saturated carbocycles. The molecule has 1 aromatic carbocycles. The van der Waals surface area contributed by atoms with Gasteiger partial charge in [-0.05, 0) is 41.3 Å². The fraction of sp³-hybridized carbons (Fsp3) is 0.312. The maximum atomic E-state index is 4.37. The smallest absolute Gasteiger partial charge is 0.0288 e. The average Bonchev–Trinajstić information content (AvgIpc) is 3.00. The number of hydrogen-bond donors (Lipinski definition) is 1. The minimum atomic E-state index is 0.560. The summed E-state index contributed by atoms with van der Waals surface area (Å²) in [6, 6.07) is 13.3. The van der Waals surface area contributed by atoms with Gasteiger partial charge in [0, 0.05) is 38.1 Å². The third-order valence-corrected chi connectivity index (χ3v) is 3.52. The Hall–Kier alpha value is -1.71. The maximum absolute atomic E-state index is 4.37. The second kappa shape index (κ2) is 5.95. The lowest BCUT2D eigenvalue weighted by Gasteiger charge is -2.11. The highest BCUT2D eigenvalue weighted by molar-refractivity contribution is 5.63. The van der Waals surface area contributed by atoms with Gasteiger partial charge in [0.2, 0.25) is 0 Å². The lowest BCUT2D eigenvalue weighted by Crippen LogP contribution is -2.29. The monoisotopic (exact) mass is 252 g/mol. The fourth-order valence-electron chi connectivity index (χ4n) is 2.42. The normalized spacial score (nSPS) is 18.6. The number of nitrogens with zero attached hydrogens (tertiary/aromatic N) is 2. The highest BCUT2D eigenvalue weighted by Crippen LogP contribution is 2.19. The number of pyridine rings is 1. The zero-order valence-electron chi connectivity index (χ0n) is 10.9. The summed E-state index contributed by atoms with van der Waals surface area (Å²) in [5.74, 6) is 0. The minimum absolute atomic E-state index is 0.560. The third kappa shape index (κ3) is 3.19. The molecule has 1 N–H and O–H groups in total. The van der Waals surface area contributed by atoms with E-state index in [0.29, 0.717) is 6.04 Å². The Kier molecular flexibility index (Phi) is 3.86. The first kappa shape index (κ1) is 12.3. The van der Waals surface area contributed by atoms with Crippen LogP contribution in [-0.2, 0) is 6.54 Å². The predicted molar refractivity (Wildman–Crippen MR) is 76.8 cm³/mol. The van der Waals surface area contributed by atoms with Crippen molar-refractivity contribution in [1.82, 2.24) is 15.6 Å². The summed E-state index contributed by atoms with van der Waals surface area (Å²) in [6.07, 6.45) is 4.84. The van der Waals surface area contributed by atoms with Crippen LogP contribution < -0.4 is 10.6 Å². The molecule has 19 heavy (non-hydrogen) atoms. The lowest BCUT2D eigenvalue weighted by molar-refractivity contribution is 0.546. The zero-order chi connectivity index (χ0) is 12.9. The van der Waals surface area contributed by atoms with Crippen molar-refractivity contribution in [3.8, 4) is 11.1 Å². The van der Waals surface area contributed by atoms with Crippen molar-refractivity contribution in [2.45, 2.75) is 19.0 Å². The van der Waals surface area contributed by atoms with E-state index in [1.165, 1.54) is 23.1 Å². The fourth-order valence-corrected chi connectivity index (χ4v) is 2.42. The standard InChI is InChI=1S/C16H18N3/c1-2-13(11-19-16-6-9-18-12-16)10-15(3-1)14-4-7-17-8-5-14/h1-5,7-8,10,16,19H,6,9,11-12H2. The molecule has 1 saturated heterocycles. The van der Waals surface area contributed by atoms with Gasteiger partial charge >= 0.3 is 0 Å². The molecule has 1 fully saturated rings. The number of rotatable bonds is 4. The molecule has 3 rings (SSSR count). The van der Waals surface area contributed by atoms with Gasteiger partial charge in [0.15, 0.2) is 0 Å². The molecule has 2 aromatic rings. The Bertz CT molecular complexity index is 519. The minimum Gasteiger partial charge on any atom is -0.309 e. The van der Waals surface area contributed by atoms with Gasteiger partial charge in [-0.15, -0.1) is 0 Å². The highest BCUT2D eigenvalue weighted by atomic mass is 15.0. The van der Waals surface area contributed by atoms with E-state index in [-0.39, 0.29) is 0 Å². The largest absolute Gasteiger partial charge is 0.309 e. The highest BCUT2D eigenvalue weighted by Gasteiger charge is 2.14. The molecular weight excluding hydrogens is 234 g/mol. The van der Waals surface area contributed by atoms with E-state index in [9.17, 15) is 0 Å². The van der Waals surface area contributed by atoms with Gasteiger partial charge < -0.3 is 5.32 Å². The predicted octanol–water partition coefficient (Wildman–Crippen LogP) is 2.21. The SMILES string of the molecule is c1cc(CNC2CC[N]C2)cc(-c2ccncc2)c1. The Morgan fingerprint density at radius 2 is 2.00 bits per heavy atom. The van der Waals surface area contributed by atoms with Crippen LogP contribution in [0.5, 0.6) is 0 Å². The molecular formula is C16H18N3. The quantitative estimate of drug-likeness (QED) is 0.906. The third-order valence-electron chi connectivity index (χ3n) is 3.52. The summed E-state index contributed by atoms with van der Waals surface area (Å²) >= 11 is 0. The molecule has 0 spiro atoms. The Morgan fingerprint density at radius 1 is 1.11 bits per heavy atom. The van der Waals surface area contributed by atoms with E-state index >= 15 is 0 Å². The van der Waals surface area contributed by atoms with E-state index < -0.39 is 0 Å². The number of hydrogen-bond acceptors (Lipinski definition) is 2. The van der Waals surface area contributed by atoms with E-state index in [1.54, 1.807) is 0 Å². The maximum Gasteiger partial charge on any atom is 0.0288 e. The molecule has 0 bridgehead atoms. The molecule has 1 unspecified atom stereocenters. The molecule has 3 heteroatoms. The van der Waals surface area contributed by atoms with E-state index in [1.807, 2.05) is 24.5 Å². The average molecular weight is 252 g/mol. The van der Waals surface area contributed by atoms with Crippen LogP contribution in [0.4, 0.5) is 0 Å². The summed E-state index contributed by atoms with van der Waals surface area (Å²) < 4.78 is 0. The summed E-state index contributed by atoms with van der Waals surface area (Å²) in [6.45, 7) is 2.89. The van der Waals surface area contributed by atoms with Gasteiger partial charge in [0.1, 0.15) is 0 Å². The number of benzene rings is 1. The molecule has 1 atom stereocenters. The first-order valence-electron chi connectivity index (χ1n) is 6.78. The van der Waals surface area contributed by atoms with Crippen LogP contribution in [-0.4, -0.2) is 24.1 Å². The van der Waals surface area contributed by atoms with Crippen molar-refractivity contribution in [1.29, 1.82) is 0 Å². The molecule has 1 aliphatic rings. The van der Waals surface area contributed by atoms with Crippen LogP contribution in [0.2, 0.25) is 0 Å². The number of nitrogens with one attached hydrogen (secondary N) is 1. The zero-order valence-corrected chi connectivity index (χ0v) is 10.9. The Morgan fingerprint density at radius 3 is 2.79 bits per heavy atom. The summed E-state index contributed by atoms with van der Waals surface area (Å²) in [5.41, 5.74) is 3.78. The van der Waals surface area contributed by atoms with Crippen molar-refractivity contribution < 1.29 is 0 Å².